The van der Waals surface area contributed by atoms with Gasteiger partial charge in [-0.2, -0.15) is 5.26 Å². The van der Waals surface area contributed by atoms with Crippen molar-refractivity contribution in [1.82, 2.24) is 0 Å². The third-order valence-electron chi connectivity index (χ3n) is 3.00. The molecule has 0 saturated heterocycles. The molecule has 0 amide bonds. The number of carbonyl (C=O) groups excluding carboxylic acids is 1. The van der Waals surface area contributed by atoms with Crippen LogP contribution in [-0.2, 0) is 0 Å². The van der Waals surface area contributed by atoms with Gasteiger partial charge in [0.15, 0.2) is 5.78 Å². The summed E-state index contributed by atoms with van der Waals surface area (Å²) in [6.07, 6.45) is 0.320. The first kappa shape index (κ1) is 13.8. The second kappa shape index (κ2) is 6.53. The minimum Gasteiger partial charge on any atom is -0.493 e. The van der Waals surface area contributed by atoms with Crippen molar-refractivity contribution in [3.8, 4) is 11.8 Å². The second-order valence-corrected chi connectivity index (χ2v) is 4.48. The van der Waals surface area contributed by atoms with Gasteiger partial charge in [0.1, 0.15) is 5.75 Å². The van der Waals surface area contributed by atoms with Gasteiger partial charge >= 0.3 is 0 Å². The number of ether oxygens (including phenoxy) is 1. The Bertz CT molecular complexity index is 642. The quantitative estimate of drug-likeness (QED) is 0.777. The summed E-state index contributed by atoms with van der Waals surface area (Å²) in [6.45, 7) is 2.22. The summed E-state index contributed by atoms with van der Waals surface area (Å²) >= 11 is 0. The molecule has 2 aromatic rings. The van der Waals surface area contributed by atoms with Crippen LogP contribution in [0.15, 0.2) is 48.5 Å². The fourth-order valence-corrected chi connectivity index (χ4v) is 1.85. The molecule has 2 aromatic carbocycles. The Kier molecular flexibility index (Phi) is 4.52. The number of hydrogen-bond acceptors (Lipinski definition) is 3. The Morgan fingerprint density at radius 1 is 1.20 bits per heavy atom. The average Bonchev–Trinajstić information content (AvgIpc) is 2.50. The zero-order valence-electron chi connectivity index (χ0n) is 11.3. The van der Waals surface area contributed by atoms with Crippen molar-refractivity contribution in [2.75, 3.05) is 6.61 Å². The first-order chi connectivity index (χ1) is 9.70. The largest absolute Gasteiger partial charge is 0.493 e. The molecule has 0 fully saturated rings. The molecule has 0 aromatic heterocycles. The Morgan fingerprint density at radius 3 is 2.65 bits per heavy atom. The smallest absolute Gasteiger partial charge is 0.166 e. The minimum atomic E-state index is 0.0553. The van der Waals surface area contributed by atoms with Gasteiger partial charge in [0.05, 0.1) is 18.2 Å². The lowest BCUT2D eigenvalue weighted by atomic mass is 10.1. The highest BCUT2D eigenvalue weighted by Crippen LogP contribution is 2.19. The van der Waals surface area contributed by atoms with Crippen LogP contribution in [0.25, 0.3) is 0 Å². The van der Waals surface area contributed by atoms with E-state index in [-0.39, 0.29) is 5.78 Å². The number of ketones is 1. The number of hydrogen-bond donors (Lipinski definition) is 0. The molecular weight excluding hydrogens is 250 g/mol. The molecule has 0 unspecified atom stereocenters. The van der Waals surface area contributed by atoms with Gasteiger partial charge < -0.3 is 4.74 Å². The molecular formula is C17H15NO2. The molecule has 0 atom stereocenters. The van der Waals surface area contributed by atoms with Crippen LogP contribution in [0.5, 0.6) is 5.75 Å². The molecule has 0 aliphatic rings. The fourth-order valence-electron chi connectivity index (χ4n) is 1.85. The topological polar surface area (TPSA) is 50.1 Å². The van der Waals surface area contributed by atoms with Crippen molar-refractivity contribution in [2.24, 2.45) is 0 Å². The van der Waals surface area contributed by atoms with Crippen molar-refractivity contribution in [2.45, 2.75) is 13.3 Å². The standard InChI is InChI=1S/C17H15NO2/c1-13-7-8-14(12-18)11-17(13)20-10-9-16(19)15-5-3-2-4-6-15/h2-8,11H,9-10H2,1H3. The summed E-state index contributed by atoms with van der Waals surface area (Å²) in [5, 5.41) is 8.86. The van der Waals surface area contributed by atoms with E-state index < -0.39 is 0 Å². The molecule has 3 heteroatoms. The van der Waals surface area contributed by atoms with Gasteiger partial charge in [-0.05, 0) is 24.6 Å². The van der Waals surface area contributed by atoms with E-state index in [1.165, 1.54) is 0 Å². The first-order valence-corrected chi connectivity index (χ1v) is 6.42. The number of nitriles is 1. The normalized spacial score (nSPS) is 9.80. The van der Waals surface area contributed by atoms with E-state index in [9.17, 15) is 4.79 Å². The summed E-state index contributed by atoms with van der Waals surface area (Å²) in [7, 11) is 0. The summed E-state index contributed by atoms with van der Waals surface area (Å²) < 4.78 is 5.60. The summed E-state index contributed by atoms with van der Waals surface area (Å²) in [5.41, 5.74) is 2.20. The van der Waals surface area contributed by atoms with Crippen LogP contribution < -0.4 is 4.74 Å². The van der Waals surface area contributed by atoms with Crippen molar-refractivity contribution in [1.29, 1.82) is 5.26 Å². The molecule has 0 heterocycles. The van der Waals surface area contributed by atoms with E-state index in [0.717, 1.165) is 5.56 Å². The number of carbonyl (C=O) groups is 1. The van der Waals surface area contributed by atoms with E-state index >= 15 is 0 Å². The van der Waals surface area contributed by atoms with Gasteiger partial charge in [0, 0.05) is 12.0 Å². The van der Waals surface area contributed by atoms with Crippen molar-refractivity contribution >= 4 is 5.78 Å². The fraction of sp³-hybridized carbons (Fsp3) is 0.176. The Labute approximate surface area is 118 Å². The molecule has 0 bridgehead atoms. The zero-order valence-corrected chi connectivity index (χ0v) is 11.3. The SMILES string of the molecule is Cc1ccc(C#N)cc1OCCC(=O)c1ccccc1. The Morgan fingerprint density at radius 2 is 1.95 bits per heavy atom. The van der Waals surface area contributed by atoms with Gasteiger partial charge in [-0.1, -0.05) is 36.4 Å². The third-order valence-corrected chi connectivity index (χ3v) is 3.00. The highest BCUT2D eigenvalue weighted by atomic mass is 16.5. The van der Waals surface area contributed by atoms with E-state index in [1.54, 1.807) is 24.3 Å². The lowest BCUT2D eigenvalue weighted by molar-refractivity contribution is 0.0962. The molecule has 0 aliphatic heterocycles. The molecule has 20 heavy (non-hydrogen) atoms. The molecule has 0 spiro atoms. The van der Waals surface area contributed by atoms with Crippen molar-refractivity contribution in [3.05, 3.63) is 65.2 Å². The van der Waals surface area contributed by atoms with Crippen molar-refractivity contribution in [3.63, 3.8) is 0 Å². The molecule has 3 nitrogen and oxygen atoms in total. The minimum absolute atomic E-state index is 0.0553. The number of Topliss-reactive ketones (excluding diaryl/α,β-unsaturated/α-hetero) is 1. The lowest BCUT2D eigenvalue weighted by Gasteiger charge is -2.09. The van der Waals surface area contributed by atoms with Gasteiger partial charge in [-0.25, -0.2) is 0 Å². The lowest BCUT2D eigenvalue weighted by Crippen LogP contribution is -2.07. The van der Waals surface area contributed by atoms with Gasteiger partial charge in [-0.15, -0.1) is 0 Å². The number of rotatable bonds is 5. The predicted octanol–water partition coefficient (Wildman–Crippen LogP) is 3.52. The number of benzene rings is 2. The van der Waals surface area contributed by atoms with Crippen LogP contribution in [-0.4, -0.2) is 12.4 Å². The third kappa shape index (κ3) is 3.46. The van der Waals surface area contributed by atoms with Gasteiger partial charge in [0.25, 0.3) is 0 Å². The van der Waals surface area contributed by atoms with Gasteiger partial charge in [-0.3, -0.25) is 4.79 Å². The van der Waals surface area contributed by atoms with Crippen LogP contribution in [0.4, 0.5) is 0 Å². The van der Waals surface area contributed by atoms with E-state index in [1.807, 2.05) is 31.2 Å². The molecule has 0 N–H and O–H groups in total. The number of aryl methyl sites for hydroxylation is 1. The Balaban J connectivity index is 1.94. The Hall–Kier alpha value is -2.60. The maximum Gasteiger partial charge on any atom is 0.166 e. The van der Waals surface area contributed by atoms with E-state index in [0.29, 0.717) is 29.9 Å². The van der Waals surface area contributed by atoms with Crippen molar-refractivity contribution < 1.29 is 9.53 Å². The predicted molar refractivity (Wildman–Crippen MR) is 76.8 cm³/mol. The second-order valence-electron chi connectivity index (χ2n) is 4.48. The highest BCUT2D eigenvalue weighted by molar-refractivity contribution is 5.96. The summed E-state index contributed by atoms with van der Waals surface area (Å²) in [6, 6.07) is 16.5. The average molecular weight is 265 g/mol. The summed E-state index contributed by atoms with van der Waals surface area (Å²) in [4.78, 5) is 11.9. The zero-order chi connectivity index (χ0) is 14.4. The van der Waals surface area contributed by atoms with E-state index in [2.05, 4.69) is 6.07 Å². The van der Waals surface area contributed by atoms with Crippen LogP contribution in [0.3, 0.4) is 0 Å². The maximum atomic E-state index is 11.9. The van der Waals surface area contributed by atoms with Gasteiger partial charge in [0.2, 0.25) is 0 Å². The summed E-state index contributed by atoms with van der Waals surface area (Å²) in [5.74, 6) is 0.713. The van der Waals surface area contributed by atoms with Crippen LogP contribution in [0, 0.1) is 18.3 Å². The maximum absolute atomic E-state index is 11.9. The molecule has 0 radical (unpaired) electrons. The van der Waals surface area contributed by atoms with Crippen LogP contribution in [0.2, 0.25) is 0 Å². The first-order valence-electron chi connectivity index (χ1n) is 6.42. The number of nitrogens with zero attached hydrogens (tertiary/aromatic N) is 1. The van der Waals surface area contributed by atoms with Crippen LogP contribution in [0.1, 0.15) is 27.9 Å². The van der Waals surface area contributed by atoms with Crippen LogP contribution >= 0.6 is 0 Å². The monoisotopic (exact) mass is 265 g/mol. The molecule has 0 saturated carbocycles. The van der Waals surface area contributed by atoms with E-state index in [4.69, 9.17) is 10.00 Å². The molecule has 2 rings (SSSR count). The highest BCUT2D eigenvalue weighted by Gasteiger charge is 2.06. The molecule has 0 aliphatic carbocycles. The molecule has 100 valence electrons.